The molecule has 0 unspecified atom stereocenters. The van der Waals surface area contributed by atoms with Crippen LogP contribution in [-0.2, 0) is 11.4 Å². The first-order valence-corrected chi connectivity index (χ1v) is 9.90. The molecule has 6 nitrogen and oxygen atoms in total. The van der Waals surface area contributed by atoms with Gasteiger partial charge in [-0.05, 0) is 54.0 Å². The molecule has 0 fully saturated rings. The molecule has 0 spiro atoms. The first-order chi connectivity index (χ1) is 15.5. The molecule has 0 radical (unpaired) electrons. The van der Waals surface area contributed by atoms with Gasteiger partial charge in [0.1, 0.15) is 11.5 Å². The van der Waals surface area contributed by atoms with Crippen LogP contribution in [0.5, 0.6) is 17.2 Å². The van der Waals surface area contributed by atoms with E-state index in [1.807, 2.05) is 0 Å². The Hall–Kier alpha value is -3.77. The van der Waals surface area contributed by atoms with Crippen LogP contribution >= 0.6 is 0 Å². The quantitative estimate of drug-likeness (QED) is 0.226. The predicted molar refractivity (Wildman–Crippen MR) is 126 cm³/mol. The zero-order valence-electron chi connectivity index (χ0n) is 18.5. The molecule has 2 aromatic rings. The zero-order chi connectivity index (χ0) is 23.5. The van der Waals surface area contributed by atoms with Crippen molar-refractivity contribution in [2.75, 3.05) is 21.3 Å². The van der Waals surface area contributed by atoms with Gasteiger partial charge in [0.15, 0.2) is 17.3 Å². The van der Waals surface area contributed by atoms with Gasteiger partial charge in [0.25, 0.3) is 0 Å². The maximum atomic E-state index is 12.7. The van der Waals surface area contributed by atoms with E-state index in [0.717, 1.165) is 11.1 Å². The average molecular weight is 437 g/mol. The molecule has 0 heterocycles. The number of hydrogen-bond acceptors (Lipinski definition) is 6. The molecule has 6 heteroatoms. The molecule has 0 saturated heterocycles. The molecule has 0 amide bonds. The second kappa shape index (κ2) is 12.2. The fourth-order valence-electron chi connectivity index (χ4n) is 3.01. The molecule has 2 N–H and O–H groups in total. The van der Waals surface area contributed by atoms with Gasteiger partial charge in [0.05, 0.1) is 27.9 Å². The van der Waals surface area contributed by atoms with Crippen molar-refractivity contribution < 1.29 is 29.2 Å². The summed E-state index contributed by atoms with van der Waals surface area (Å²) in [5.41, 5.74) is 2.33. The van der Waals surface area contributed by atoms with Gasteiger partial charge in [-0.1, -0.05) is 30.4 Å². The van der Waals surface area contributed by atoms with E-state index in [2.05, 4.69) is 6.58 Å². The minimum absolute atomic E-state index is 0.159. The predicted octanol–water partition coefficient (Wildman–Crippen LogP) is 4.89. The summed E-state index contributed by atoms with van der Waals surface area (Å²) in [6.07, 6.45) is 7.89. The third-order valence-electron chi connectivity index (χ3n) is 4.70. The van der Waals surface area contributed by atoms with Crippen LogP contribution < -0.4 is 14.2 Å². The third-order valence-corrected chi connectivity index (χ3v) is 4.70. The Bertz CT molecular complexity index is 1050. The summed E-state index contributed by atoms with van der Waals surface area (Å²) in [7, 11) is 4.62. The first-order valence-electron chi connectivity index (χ1n) is 9.90. The second-order valence-electron chi connectivity index (χ2n) is 6.73. The number of ketones is 1. The Labute approximate surface area is 188 Å². The number of rotatable bonds is 11. The van der Waals surface area contributed by atoms with Crippen molar-refractivity contribution in [3.63, 3.8) is 0 Å². The van der Waals surface area contributed by atoms with Crippen LogP contribution in [0.4, 0.5) is 0 Å². The number of allylic oxidation sites excluding steroid dienone is 4. The molecule has 0 aromatic heterocycles. The fraction of sp³-hybridized carbons (Fsp3) is 0.192. The lowest BCUT2D eigenvalue weighted by Gasteiger charge is -2.08. The van der Waals surface area contributed by atoms with Crippen LogP contribution in [0.2, 0.25) is 0 Å². The number of aliphatic hydroxyl groups is 2. The van der Waals surface area contributed by atoms with Crippen LogP contribution in [0.15, 0.2) is 72.5 Å². The highest BCUT2D eigenvalue weighted by Gasteiger charge is 2.11. The fourth-order valence-corrected chi connectivity index (χ4v) is 3.01. The van der Waals surface area contributed by atoms with Gasteiger partial charge in [-0.3, -0.25) is 4.79 Å². The van der Waals surface area contributed by atoms with E-state index < -0.39 is 0 Å². The van der Waals surface area contributed by atoms with Crippen molar-refractivity contribution in [1.29, 1.82) is 0 Å². The Morgan fingerprint density at radius 2 is 1.50 bits per heavy atom. The number of ether oxygens (including phenoxy) is 3. The van der Waals surface area contributed by atoms with Gasteiger partial charge in [-0.2, -0.15) is 0 Å². The van der Waals surface area contributed by atoms with Crippen molar-refractivity contribution >= 4 is 17.9 Å². The SMILES string of the molecule is C=CC/C(C(=O)/C=C/c1ccc(OC)c(OC)c1)=C(O)\C=C\c1ccc(OC)c(CO)c1. The summed E-state index contributed by atoms with van der Waals surface area (Å²) in [5, 5.41) is 20.0. The Morgan fingerprint density at radius 1 is 0.906 bits per heavy atom. The number of benzene rings is 2. The van der Waals surface area contributed by atoms with Gasteiger partial charge in [-0.15, -0.1) is 6.58 Å². The Kier molecular flexibility index (Phi) is 9.32. The summed E-state index contributed by atoms with van der Waals surface area (Å²) in [5.74, 6) is 1.22. The maximum absolute atomic E-state index is 12.7. The van der Waals surface area contributed by atoms with E-state index in [1.165, 1.54) is 26.4 Å². The summed E-state index contributed by atoms with van der Waals surface area (Å²) < 4.78 is 15.7. The van der Waals surface area contributed by atoms with Crippen LogP contribution in [0.1, 0.15) is 23.1 Å². The molecular formula is C26H28O6. The highest BCUT2D eigenvalue weighted by atomic mass is 16.5. The largest absolute Gasteiger partial charge is 0.508 e. The molecule has 0 saturated carbocycles. The smallest absolute Gasteiger partial charge is 0.185 e. The van der Waals surface area contributed by atoms with E-state index in [4.69, 9.17) is 14.2 Å². The lowest BCUT2D eigenvalue weighted by molar-refractivity contribution is -0.111. The normalized spacial score (nSPS) is 12.0. The number of carbonyl (C=O) groups excluding carboxylic acids is 1. The van der Waals surface area contributed by atoms with Gasteiger partial charge < -0.3 is 24.4 Å². The summed E-state index contributed by atoms with van der Waals surface area (Å²) in [6, 6.07) is 10.6. The lowest BCUT2D eigenvalue weighted by Crippen LogP contribution is -2.01. The molecule has 168 valence electrons. The molecule has 0 aliphatic rings. The molecule has 0 aliphatic carbocycles. The second-order valence-corrected chi connectivity index (χ2v) is 6.73. The van der Waals surface area contributed by atoms with E-state index in [1.54, 1.807) is 61.7 Å². The minimum Gasteiger partial charge on any atom is -0.508 e. The van der Waals surface area contributed by atoms with Crippen molar-refractivity contribution in [3.8, 4) is 17.2 Å². The maximum Gasteiger partial charge on any atom is 0.185 e. The average Bonchev–Trinajstić information content (AvgIpc) is 2.83. The monoisotopic (exact) mass is 436 g/mol. The van der Waals surface area contributed by atoms with Gasteiger partial charge in [0.2, 0.25) is 0 Å². The Morgan fingerprint density at radius 3 is 2.09 bits per heavy atom. The molecule has 2 rings (SSSR count). The van der Waals surface area contributed by atoms with Gasteiger partial charge in [-0.25, -0.2) is 0 Å². The standard InChI is InChI=1S/C26H28O6/c1-5-6-21(22(28)11-7-18-9-13-24(30-2)20(15-18)17-27)23(29)12-8-19-10-14-25(31-3)26(16-19)32-4/h5,7-16,27-28H,1,6,17H2,2-4H3/b11-7+,12-8+,22-21-. The van der Waals surface area contributed by atoms with E-state index in [-0.39, 0.29) is 30.1 Å². The molecule has 0 atom stereocenters. The van der Waals surface area contributed by atoms with Crippen LogP contribution in [-0.4, -0.2) is 37.3 Å². The molecule has 0 bridgehead atoms. The van der Waals surface area contributed by atoms with Crippen molar-refractivity contribution in [3.05, 3.63) is 89.2 Å². The number of hydrogen-bond donors (Lipinski definition) is 2. The van der Waals surface area contributed by atoms with Crippen molar-refractivity contribution in [2.24, 2.45) is 0 Å². The molecule has 32 heavy (non-hydrogen) atoms. The lowest BCUT2D eigenvalue weighted by atomic mass is 10.0. The molecular weight excluding hydrogens is 408 g/mol. The molecule has 2 aromatic carbocycles. The number of carbonyl (C=O) groups is 1. The number of methoxy groups -OCH3 is 3. The minimum atomic E-state index is -0.340. The van der Waals surface area contributed by atoms with Crippen molar-refractivity contribution in [1.82, 2.24) is 0 Å². The first kappa shape index (κ1) is 24.5. The highest BCUT2D eigenvalue weighted by molar-refractivity contribution is 6.07. The van der Waals surface area contributed by atoms with Gasteiger partial charge >= 0.3 is 0 Å². The van der Waals surface area contributed by atoms with E-state index in [9.17, 15) is 15.0 Å². The van der Waals surface area contributed by atoms with Crippen molar-refractivity contribution in [2.45, 2.75) is 13.0 Å². The van der Waals surface area contributed by atoms with Crippen LogP contribution in [0.3, 0.4) is 0 Å². The third kappa shape index (κ3) is 6.36. The van der Waals surface area contributed by atoms with E-state index >= 15 is 0 Å². The zero-order valence-corrected chi connectivity index (χ0v) is 18.5. The topological polar surface area (TPSA) is 85.2 Å². The van der Waals surface area contributed by atoms with Crippen LogP contribution in [0.25, 0.3) is 12.2 Å². The van der Waals surface area contributed by atoms with Gasteiger partial charge in [0, 0.05) is 11.1 Å². The summed E-state index contributed by atoms with van der Waals surface area (Å²) in [4.78, 5) is 12.7. The summed E-state index contributed by atoms with van der Waals surface area (Å²) >= 11 is 0. The summed E-state index contributed by atoms with van der Waals surface area (Å²) in [6.45, 7) is 3.49. The van der Waals surface area contributed by atoms with E-state index in [0.29, 0.717) is 22.8 Å². The molecule has 0 aliphatic heterocycles. The van der Waals surface area contributed by atoms with Crippen LogP contribution in [0, 0.1) is 0 Å². The highest BCUT2D eigenvalue weighted by Crippen LogP contribution is 2.28. The number of aliphatic hydroxyl groups excluding tert-OH is 2. The Balaban J connectivity index is 2.27.